The van der Waals surface area contributed by atoms with Crippen molar-refractivity contribution in [3.8, 4) is 11.5 Å². The molecular formula is C19H25F3IN3O2S. The Hall–Kier alpha value is -1.69. The van der Waals surface area contributed by atoms with Gasteiger partial charge in [-0.3, -0.25) is 0 Å². The van der Waals surface area contributed by atoms with Crippen LogP contribution in [0.4, 0.5) is 13.2 Å². The number of thiophene rings is 1. The number of hydrogen-bond acceptors (Lipinski definition) is 4. The lowest BCUT2D eigenvalue weighted by atomic mass is 10.2. The van der Waals surface area contributed by atoms with Gasteiger partial charge in [0, 0.05) is 16.3 Å². The highest BCUT2D eigenvalue weighted by molar-refractivity contribution is 14.0. The highest BCUT2D eigenvalue weighted by Crippen LogP contribution is 2.30. The van der Waals surface area contributed by atoms with Crippen LogP contribution in [-0.2, 0) is 13.1 Å². The normalized spacial score (nSPS) is 11.6. The maximum absolute atomic E-state index is 12.3. The number of nitrogens with zero attached hydrogens (tertiary/aromatic N) is 1. The fourth-order valence-electron chi connectivity index (χ4n) is 2.35. The average molecular weight is 543 g/mol. The summed E-state index contributed by atoms with van der Waals surface area (Å²) in [4.78, 5) is 6.97. The van der Waals surface area contributed by atoms with Crippen molar-refractivity contribution < 1.29 is 22.6 Å². The second-order valence-corrected chi connectivity index (χ2v) is 7.32. The molecule has 1 aromatic heterocycles. The number of alkyl halides is 3. The Labute approximate surface area is 189 Å². The second kappa shape index (κ2) is 12.1. The van der Waals surface area contributed by atoms with Crippen LogP contribution in [0.1, 0.15) is 22.2 Å². The standard InChI is InChI=1S/C19H24F3N3O2S.HI/c1-4-23-18(25-11-15-7-5-13(2)28-15)24-10-14-6-8-16(17(9-14)26-3)27-12-19(20,21)22;/h5-9H,4,10-12H2,1-3H3,(H2,23,24,25);1H. The Balaban J connectivity index is 0.00000420. The molecule has 1 heterocycles. The maximum Gasteiger partial charge on any atom is 0.422 e. The van der Waals surface area contributed by atoms with Crippen LogP contribution >= 0.6 is 35.3 Å². The summed E-state index contributed by atoms with van der Waals surface area (Å²) in [7, 11) is 1.39. The Morgan fingerprint density at radius 2 is 1.90 bits per heavy atom. The molecular weight excluding hydrogens is 518 g/mol. The molecule has 0 aliphatic rings. The van der Waals surface area contributed by atoms with Gasteiger partial charge in [-0.15, -0.1) is 35.3 Å². The summed E-state index contributed by atoms with van der Waals surface area (Å²) in [6.07, 6.45) is -4.40. The molecule has 1 aromatic carbocycles. The van der Waals surface area contributed by atoms with E-state index in [9.17, 15) is 13.2 Å². The summed E-state index contributed by atoms with van der Waals surface area (Å²) >= 11 is 1.72. The number of halogens is 4. The van der Waals surface area contributed by atoms with E-state index in [1.165, 1.54) is 22.9 Å². The van der Waals surface area contributed by atoms with E-state index in [1.54, 1.807) is 23.5 Å². The van der Waals surface area contributed by atoms with E-state index >= 15 is 0 Å². The molecule has 0 aliphatic heterocycles. The third kappa shape index (κ3) is 9.11. The van der Waals surface area contributed by atoms with Crippen LogP contribution in [0.25, 0.3) is 0 Å². The maximum atomic E-state index is 12.3. The van der Waals surface area contributed by atoms with Gasteiger partial charge < -0.3 is 20.1 Å². The van der Waals surface area contributed by atoms with Gasteiger partial charge in [-0.05, 0) is 43.7 Å². The first kappa shape index (κ1) is 25.3. The van der Waals surface area contributed by atoms with Gasteiger partial charge in [-0.25, -0.2) is 4.99 Å². The zero-order valence-electron chi connectivity index (χ0n) is 16.4. The monoisotopic (exact) mass is 543 g/mol. The lowest BCUT2D eigenvalue weighted by Gasteiger charge is -2.14. The molecule has 162 valence electrons. The number of aryl methyl sites for hydroxylation is 1. The molecule has 0 radical (unpaired) electrons. The number of aliphatic imine (C=N–C) groups is 1. The van der Waals surface area contributed by atoms with Crippen LogP contribution in [0.2, 0.25) is 0 Å². The van der Waals surface area contributed by atoms with E-state index in [2.05, 4.69) is 34.7 Å². The van der Waals surface area contributed by atoms with Gasteiger partial charge in [0.2, 0.25) is 0 Å². The minimum absolute atomic E-state index is 0. The van der Waals surface area contributed by atoms with Crippen molar-refractivity contribution in [2.24, 2.45) is 4.99 Å². The molecule has 2 aromatic rings. The minimum atomic E-state index is -4.40. The Bertz CT molecular complexity index is 797. The highest BCUT2D eigenvalue weighted by atomic mass is 127. The summed E-state index contributed by atoms with van der Waals surface area (Å²) in [5, 5.41) is 6.44. The number of guanidine groups is 1. The van der Waals surface area contributed by atoms with E-state index < -0.39 is 12.8 Å². The van der Waals surface area contributed by atoms with Gasteiger partial charge in [0.05, 0.1) is 20.2 Å². The SMILES string of the molecule is CCNC(=NCc1ccc(OCC(F)(F)F)c(OC)c1)NCc1ccc(C)s1.I. The third-order valence-electron chi connectivity index (χ3n) is 3.61. The molecule has 0 unspecified atom stereocenters. The summed E-state index contributed by atoms with van der Waals surface area (Å²) in [6.45, 7) is 4.39. The van der Waals surface area contributed by atoms with Crippen LogP contribution in [0.15, 0.2) is 35.3 Å². The van der Waals surface area contributed by atoms with Crippen molar-refractivity contribution in [3.63, 3.8) is 0 Å². The van der Waals surface area contributed by atoms with E-state index in [4.69, 9.17) is 9.47 Å². The smallest absolute Gasteiger partial charge is 0.422 e. The van der Waals surface area contributed by atoms with Crippen LogP contribution in [0.5, 0.6) is 11.5 Å². The molecule has 0 atom stereocenters. The van der Waals surface area contributed by atoms with Gasteiger partial charge in [-0.1, -0.05) is 6.07 Å². The fourth-order valence-corrected chi connectivity index (χ4v) is 3.18. The summed E-state index contributed by atoms with van der Waals surface area (Å²) in [5.74, 6) is 0.944. The predicted octanol–water partition coefficient (Wildman–Crippen LogP) is 4.88. The number of methoxy groups -OCH3 is 1. The van der Waals surface area contributed by atoms with Gasteiger partial charge in [0.1, 0.15) is 0 Å². The van der Waals surface area contributed by atoms with Crippen molar-refractivity contribution in [1.29, 1.82) is 0 Å². The third-order valence-corrected chi connectivity index (χ3v) is 4.61. The molecule has 0 amide bonds. The molecule has 2 rings (SSSR count). The molecule has 2 N–H and O–H groups in total. The lowest BCUT2D eigenvalue weighted by molar-refractivity contribution is -0.153. The topological polar surface area (TPSA) is 54.9 Å². The average Bonchev–Trinajstić information content (AvgIpc) is 3.07. The molecule has 0 saturated carbocycles. The second-order valence-electron chi connectivity index (χ2n) is 5.95. The van der Waals surface area contributed by atoms with E-state index in [0.717, 1.165) is 5.56 Å². The van der Waals surface area contributed by atoms with Gasteiger partial charge in [0.25, 0.3) is 0 Å². The predicted molar refractivity (Wildman–Crippen MR) is 121 cm³/mol. The van der Waals surface area contributed by atoms with Crippen LogP contribution in [0, 0.1) is 6.92 Å². The quantitative estimate of drug-likeness (QED) is 0.283. The molecule has 0 aliphatic carbocycles. The zero-order valence-corrected chi connectivity index (χ0v) is 19.6. The summed E-state index contributed by atoms with van der Waals surface area (Å²) in [6, 6.07) is 8.90. The lowest BCUT2D eigenvalue weighted by Crippen LogP contribution is -2.36. The fraction of sp³-hybridized carbons (Fsp3) is 0.421. The van der Waals surface area contributed by atoms with Crippen molar-refractivity contribution in [2.75, 3.05) is 20.3 Å². The van der Waals surface area contributed by atoms with Gasteiger partial charge in [-0.2, -0.15) is 13.2 Å². The molecule has 5 nitrogen and oxygen atoms in total. The first-order valence-electron chi connectivity index (χ1n) is 8.74. The van der Waals surface area contributed by atoms with Crippen molar-refractivity contribution in [3.05, 3.63) is 45.6 Å². The van der Waals surface area contributed by atoms with E-state index in [1.807, 2.05) is 6.92 Å². The number of hydrogen-bond donors (Lipinski definition) is 2. The number of ether oxygens (including phenoxy) is 2. The molecule has 0 bridgehead atoms. The summed E-state index contributed by atoms with van der Waals surface area (Å²) in [5.41, 5.74) is 0.792. The summed E-state index contributed by atoms with van der Waals surface area (Å²) < 4.78 is 46.9. The number of nitrogens with one attached hydrogen (secondary N) is 2. The molecule has 0 spiro atoms. The first-order valence-corrected chi connectivity index (χ1v) is 9.56. The van der Waals surface area contributed by atoms with Crippen LogP contribution in [-0.4, -0.2) is 32.4 Å². The van der Waals surface area contributed by atoms with Crippen molar-refractivity contribution in [1.82, 2.24) is 10.6 Å². The number of rotatable bonds is 8. The first-order chi connectivity index (χ1) is 13.3. The largest absolute Gasteiger partial charge is 0.493 e. The van der Waals surface area contributed by atoms with Gasteiger partial charge >= 0.3 is 6.18 Å². The van der Waals surface area contributed by atoms with E-state index in [0.29, 0.717) is 25.6 Å². The van der Waals surface area contributed by atoms with Crippen LogP contribution < -0.4 is 20.1 Å². The minimum Gasteiger partial charge on any atom is -0.493 e. The highest BCUT2D eigenvalue weighted by Gasteiger charge is 2.29. The Morgan fingerprint density at radius 3 is 2.48 bits per heavy atom. The van der Waals surface area contributed by atoms with Crippen molar-refractivity contribution >= 4 is 41.3 Å². The van der Waals surface area contributed by atoms with Crippen molar-refractivity contribution in [2.45, 2.75) is 33.1 Å². The molecule has 10 heteroatoms. The molecule has 29 heavy (non-hydrogen) atoms. The van der Waals surface area contributed by atoms with Gasteiger partial charge in [0.15, 0.2) is 24.1 Å². The van der Waals surface area contributed by atoms with E-state index in [-0.39, 0.29) is 35.5 Å². The zero-order chi connectivity index (χ0) is 20.6. The van der Waals surface area contributed by atoms with Crippen LogP contribution in [0.3, 0.4) is 0 Å². The molecule has 0 fully saturated rings. The number of benzene rings is 1. The molecule has 0 saturated heterocycles. The Kier molecular flexibility index (Phi) is 10.6. The Morgan fingerprint density at radius 1 is 1.14 bits per heavy atom.